The van der Waals surface area contributed by atoms with Crippen LogP contribution in [0.1, 0.15) is 18.9 Å². The second-order valence-electron chi connectivity index (χ2n) is 5.73. The summed E-state index contributed by atoms with van der Waals surface area (Å²) in [6, 6.07) is 7.05. The number of hydrogen-bond donors (Lipinski definition) is 0. The lowest BCUT2D eigenvalue weighted by molar-refractivity contribution is -0.149. The molecule has 1 aliphatic rings. The molecule has 1 amide bonds. The Labute approximate surface area is 155 Å². The van der Waals surface area contributed by atoms with Crippen molar-refractivity contribution in [3.63, 3.8) is 0 Å². The smallest absolute Gasteiger partial charge is 0.331 e. The van der Waals surface area contributed by atoms with Crippen molar-refractivity contribution in [3.05, 3.63) is 40.4 Å². The van der Waals surface area contributed by atoms with Crippen molar-refractivity contribution < 1.29 is 22.7 Å². The molecule has 0 aromatic heterocycles. The van der Waals surface area contributed by atoms with Crippen molar-refractivity contribution in [2.45, 2.75) is 19.4 Å². The summed E-state index contributed by atoms with van der Waals surface area (Å²) < 4.78 is 29.0. The third-order valence-electron chi connectivity index (χ3n) is 3.91. The maximum atomic E-state index is 12.2. The molecule has 136 valence electrons. The van der Waals surface area contributed by atoms with Crippen LogP contribution in [0.4, 0.5) is 0 Å². The Morgan fingerprint density at radius 1 is 1.40 bits per heavy atom. The quantitative estimate of drug-likeness (QED) is 0.510. The number of esters is 1. The lowest BCUT2D eigenvalue weighted by Gasteiger charge is -2.26. The first-order valence-electron chi connectivity index (χ1n) is 7.91. The van der Waals surface area contributed by atoms with Crippen LogP contribution in [0.3, 0.4) is 0 Å². The molecule has 0 bridgehead atoms. The molecule has 2 rings (SSSR count). The van der Waals surface area contributed by atoms with Crippen LogP contribution in [0, 0.1) is 0 Å². The van der Waals surface area contributed by atoms with Gasteiger partial charge >= 0.3 is 5.97 Å². The minimum atomic E-state index is -3.07. The van der Waals surface area contributed by atoms with E-state index in [0.717, 1.165) is 10.0 Å². The molecule has 0 radical (unpaired) electrons. The molecule has 0 aliphatic carbocycles. The summed E-state index contributed by atoms with van der Waals surface area (Å²) in [6.45, 7) is 1.76. The molecule has 1 heterocycles. The van der Waals surface area contributed by atoms with Crippen LogP contribution < -0.4 is 0 Å². The predicted molar refractivity (Wildman–Crippen MR) is 98.6 cm³/mol. The highest BCUT2D eigenvalue weighted by atomic mass is 79.9. The average molecular weight is 430 g/mol. The molecule has 1 fully saturated rings. The number of hydrogen-bond acceptors (Lipinski definition) is 5. The maximum Gasteiger partial charge on any atom is 0.331 e. The molecule has 6 nitrogen and oxygen atoms in total. The second kappa shape index (κ2) is 8.62. The van der Waals surface area contributed by atoms with Gasteiger partial charge in [-0.15, -0.1) is 0 Å². The number of benzene rings is 1. The third kappa shape index (κ3) is 5.97. The molecule has 25 heavy (non-hydrogen) atoms. The zero-order valence-corrected chi connectivity index (χ0v) is 16.3. The highest BCUT2D eigenvalue weighted by Crippen LogP contribution is 2.18. The van der Waals surface area contributed by atoms with Gasteiger partial charge in [-0.05, 0) is 37.1 Å². The summed E-state index contributed by atoms with van der Waals surface area (Å²) >= 11 is 3.34. The minimum Gasteiger partial charge on any atom is -0.452 e. The average Bonchev–Trinajstić information content (AvgIpc) is 2.91. The van der Waals surface area contributed by atoms with Crippen LogP contribution in [-0.2, 0) is 24.2 Å². The van der Waals surface area contributed by atoms with Crippen molar-refractivity contribution in [1.82, 2.24) is 4.90 Å². The van der Waals surface area contributed by atoms with E-state index in [0.29, 0.717) is 13.0 Å². The Hall–Kier alpha value is -1.67. The molecule has 0 unspecified atom stereocenters. The van der Waals surface area contributed by atoms with Gasteiger partial charge in [0.25, 0.3) is 5.91 Å². The van der Waals surface area contributed by atoms with Crippen molar-refractivity contribution in [2.75, 3.05) is 24.7 Å². The van der Waals surface area contributed by atoms with Crippen LogP contribution in [-0.4, -0.2) is 55.9 Å². The number of sulfone groups is 1. The van der Waals surface area contributed by atoms with E-state index in [1.165, 1.54) is 11.0 Å². The number of halogens is 1. The molecule has 1 aliphatic heterocycles. The predicted octanol–water partition coefficient (Wildman–Crippen LogP) is 2.04. The molecule has 1 aromatic rings. The zero-order chi connectivity index (χ0) is 18.4. The lowest BCUT2D eigenvalue weighted by atomic mass is 10.2. The van der Waals surface area contributed by atoms with E-state index in [1.807, 2.05) is 24.3 Å². The van der Waals surface area contributed by atoms with Gasteiger partial charge in [0.1, 0.15) is 0 Å². The van der Waals surface area contributed by atoms with Gasteiger partial charge in [0, 0.05) is 23.1 Å². The molecule has 1 atom stereocenters. The number of nitrogens with zero attached hydrogens (tertiary/aromatic N) is 1. The zero-order valence-electron chi connectivity index (χ0n) is 13.9. The molecule has 0 saturated carbocycles. The Morgan fingerprint density at radius 2 is 2.16 bits per heavy atom. The minimum absolute atomic E-state index is 0.0245. The van der Waals surface area contributed by atoms with Crippen LogP contribution in [0.25, 0.3) is 6.08 Å². The van der Waals surface area contributed by atoms with Crippen LogP contribution in [0.5, 0.6) is 0 Å². The number of carbonyl (C=O) groups is 2. The number of rotatable bonds is 6. The van der Waals surface area contributed by atoms with E-state index in [2.05, 4.69) is 15.9 Å². The third-order valence-corrected chi connectivity index (χ3v) is 6.15. The fourth-order valence-electron chi connectivity index (χ4n) is 2.70. The number of amides is 1. The van der Waals surface area contributed by atoms with Crippen LogP contribution in [0.2, 0.25) is 0 Å². The highest BCUT2D eigenvalue weighted by molar-refractivity contribution is 9.10. The van der Waals surface area contributed by atoms with E-state index in [9.17, 15) is 18.0 Å². The molecular weight excluding hydrogens is 410 g/mol. The molecule has 1 saturated heterocycles. The fraction of sp³-hybridized carbons (Fsp3) is 0.412. The van der Waals surface area contributed by atoms with Crippen molar-refractivity contribution in [3.8, 4) is 0 Å². The van der Waals surface area contributed by atoms with E-state index < -0.39 is 22.4 Å². The SMILES string of the molecule is CCN(C(=O)COC(=O)/C=C\c1cccc(Br)c1)[C@H]1CCS(=O)(=O)C1. The first kappa shape index (κ1) is 19.7. The van der Waals surface area contributed by atoms with Gasteiger partial charge in [-0.1, -0.05) is 28.1 Å². The van der Waals surface area contributed by atoms with Crippen molar-refractivity contribution in [1.29, 1.82) is 0 Å². The van der Waals surface area contributed by atoms with Crippen LogP contribution >= 0.6 is 15.9 Å². The Balaban J connectivity index is 1.86. The standard InChI is InChI=1S/C17H20BrNO5S/c1-2-19(15-8-9-25(22,23)12-15)16(20)11-24-17(21)7-6-13-4-3-5-14(18)10-13/h3-7,10,15H,2,8-9,11-12H2,1H3/b7-6-/t15-/m0/s1. The number of carbonyl (C=O) groups excluding carboxylic acids is 2. The molecule has 8 heteroatoms. The summed E-state index contributed by atoms with van der Waals surface area (Å²) in [5, 5.41) is 0. The number of ether oxygens (including phenoxy) is 1. The first-order valence-corrected chi connectivity index (χ1v) is 10.5. The summed E-state index contributed by atoms with van der Waals surface area (Å²) in [4.78, 5) is 25.4. The Morgan fingerprint density at radius 3 is 2.76 bits per heavy atom. The summed E-state index contributed by atoms with van der Waals surface area (Å²) in [6.07, 6.45) is 3.28. The van der Waals surface area contributed by atoms with Crippen molar-refractivity contribution >= 4 is 43.7 Å². The second-order valence-corrected chi connectivity index (χ2v) is 8.88. The topological polar surface area (TPSA) is 80.8 Å². The summed E-state index contributed by atoms with van der Waals surface area (Å²) in [5.41, 5.74) is 0.823. The largest absolute Gasteiger partial charge is 0.452 e. The Bertz CT molecular complexity index is 775. The first-order chi connectivity index (χ1) is 11.8. The highest BCUT2D eigenvalue weighted by Gasteiger charge is 2.34. The van der Waals surface area contributed by atoms with Crippen molar-refractivity contribution in [2.24, 2.45) is 0 Å². The summed E-state index contributed by atoms with van der Waals surface area (Å²) in [7, 11) is -3.07. The van der Waals surface area contributed by atoms with E-state index in [4.69, 9.17) is 4.74 Å². The number of likely N-dealkylation sites (N-methyl/N-ethyl adjacent to an activating group) is 1. The van der Waals surface area contributed by atoms with Gasteiger partial charge in [-0.3, -0.25) is 4.79 Å². The van der Waals surface area contributed by atoms with Crippen LogP contribution in [0.15, 0.2) is 34.8 Å². The molecule has 0 N–H and O–H groups in total. The summed E-state index contributed by atoms with van der Waals surface area (Å²) in [5.74, 6) is -0.933. The molecule has 1 aromatic carbocycles. The van der Waals surface area contributed by atoms with E-state index in [1.54, 1.807) is 13.0 Å². The van der Waals surface area contributed by atoms with Gasteiger partial charge in [-0.2, -0.15) is 0 Å². The Kier molecular flexibility index (Phi) is 6.78. The molecule has 0 spiro atoms. The molecular formula is C17H20BrNO5S. The van der Waals surface area contributed by atoms with E-state index >= 15 is 0 Å². The normalized spacial score (nSPS) is 19.0. The monoisotopic (exact) mass is 429 g/mol. The van der Waals surface area contributed by atoms with E-state index in [-0.39, 0.29) is 23.5 Å². The fourth-order valence-corrected chi connectivity index (χ4v) is 4.85. The van der Waals surface area contributed by atoms with Gasteiger partial charge in [0.2, 0.25) is 0 Å². The van der Waals surface area contributed by atoms with Gasteiger partial charge in [-0.25, -0.2) is 13.2 Å². The van der Waals surface area contributed by atoms with Gasteiger partial charge in [0.15, 0.2) is 16.4 Å². The maximum absolute atomic E-state index is 12.2. The lowest BCUT2D eigenvalue weighted by Crippen LogP contribution is -2.43. The van der Waals surface area contributed by atoms with Gasteiger partial charge < -0.3 is 9.64 Å². The van der Waals surface area contributed by atoms with Gasteiger partial charge in [0.05, 0.1) is 11.5 Å².